The number of nitrogens with zero attached hydrogens (tertiary/aromatic N) is 3. The van der Waals surface area contributed by atoms with E-state index in [1.807, 2.05) is 30.2 Å². The summed E-state index contributed by atoms with van der Waals surface area (Å²) in [6, 6.07) is 8.98. The molecule has 8 nitrogen and oxygen atoms in total. The first kappa shape index (κ1) is 25.5. The van der Waals surface area contributed by atoms with E-state index in [4.69, 9.17) is 4.52 Å². The number of carbonyl (C=O) groups excluding carboxylic acids is 2. The molecule has 0 bridgehead atoms. The minimum Gasteiger partial charge on any atom is -0.361 e. The first-order chi connectivity index (χ1) is 18.0. The minimum atomic E-state index is 0.0645. The molecule has 2 saturated heterocycles. The second-order valence-electron chi connectivity index (χ2n) is 10.6. The molecule has 2 aliphatic heterocycles. The summed E-state index contributed by atoms with van der Waals surface area (Å²) in [6.07, 6.45) is 8.90. The fraction of sp³-hybridized carbons (Fsp3) is 0.552. The van der Waals surface area contributed by atoms with E-state index in [-0.39, 0.29) is 17.9 Å². The molecule has 5 rings (SSSR count). The average molecular weight is 506 g/mol. The van der Waals surface area contributed by atoms with E-state index >= 15 is 0 Å². The van der Waals surface area contributed by atoms with Crippen molar-refractivity contribution in [1.29, 1.82) is 0 Å². The molecule has 37 heavy (non-hydrogen) atoms. The van der Waals surface area contributed by atoms with Gasteiger partial charge in [-0.3, -0.25) is 9.59 Å². The summed E-state index contributed by atoms with van der Waals surface area (Å²) in [6.45, 7) is 7.47. The summed E-state index contributed by atoms with van der Waals surface area (Å²) >= 11 is 0. The van der Waals surface area contributed by atoms with E-state index in [1.54, 1.807) is 0 Å². The largest absolute Gasteiger partial charge is 0.361 e. The molecule has 2 amide bonds. The molecule has 2 aromatic heterocycles. The lowest BCUT2D eigenvalue weighted by Gasteiger charge is -2.42. The molecule has 198 valence electrons. The van der Waals surface area contributed by atoms with Gasteiger partial charge in [0.25, 0.3) is 5.91 Å². The van der Waals surface area contributed by atoms with Crippen molar-refractivity contribution in [3.8, 4) is 0 Å². The van der Waals surface area contributed by atoms with Gasteiger partial charge in [0.2, 0.25) is 5.91 Å². The highest BCUT2D eigenvalue weighted by Gasteiger charge is 2.32. The summed E-state index contributed by atoms with van der Waals surface area (Å²) in [5, 5.41) is 8.51. The number of para-hydroxylation sites is 1. The van der Waals surface area contributed by atoms with Crippen molar-refractivity contribution < 1.29 is 14.1 Å². The van der Waals surface area contributed by atoms with Crippen LogP contribution in [0.5, 0.6) is 0 Å². The maximum Gasteiger partial charge on any atom is 0.259 e. The van der Waals surface area contributed by atoms with Gasteiger partial charge in [0, 0.05) is 68.2 Å². The van der Waals surface area contributed by atoms with Crippen molar-refractivity contribution in [2.45, 2.75) is 77.3 Å². The van der Waals surface area contributed by atoms with Gasteiger partial charge in [0.15, 0.2) is 0 Å². The highest BCUT2D eigenvalue weighted by molar-refractivity contribution is 5.96. The predicted molar refractivity (Wildman–Crippen MR) is 144 cm³/mol. The Hall–Kier alpha value is -3.13. The number of hydrogen-bond donors (Lipinski definition) is 2. The monoisotopic (exact) mass is 505 g/mol. The van der Waals surface area contributed by atoms with Crippen molar-refractivity contribution in [2.75, 3.05) is 26.2 Å². The summed E-state index contributed by atoms with van der Waals surface area (Å²) in [7, 11) is 0. The lowest BCUT2D eigenvalue weighted by molar-refractivity contribution is -0.122. The van der Waals surface area contributed by atoms with Gasteiger partial charge in [-0.25, -0.2) is 0 Å². The number of aryl methyl sites for hydroxylation is 3. The van der Waals surface area contributed by atoms with Crippen LogP contribution in [0.3, 0.4) is 0 Å². The molecule has 2 aliphatic rings. The van der Waals surface area contributed by atoms with Crippen molar-refractivity contribution >= 4 is 22.7 Å². The summed E-state index contributed by atoms with van der Waals surface area (Å²) < 4.78 is 5.42. The molecule has 0 spiro atoms. The number of amides is 2. The zero-order valence-electron chi connectivity index (χ0n) is 22.1. The van der Waals surface area contributed by atoms with Crippen molar-refractivity contribution in [3.63, 3.8) is 0 Å². The van der Waals surface area contributed by atoms with Crippen LogP contribution < -0.4 is 5.32 Å². The van der Waals surface area contributed by atoms with Gasteiger partial charge < -0.3 is 24.6 Å². The van der Waals surface area contributed by atoms with Crippen LogP contribution in [0.25, 0.3) is 10.9 Å². The maximum atomic E-state index is 13.2. The van der Waals surface area contributed by atoms with Gasteiger partial charge in [0.1, 0.15) is 11.3 Å². The van der Waals surface area contributed by atoms with Crippen LogP contribution in [0.2, 0.25) is 0 Å². The Kier molecular flexibility index (Phi) is 7.93. The molecule has 0 atom stereocenters. The summed E-state index contributed by atoms with van der Waals surface area (Å²) in [5.74, 6) is 0.925. The number of likely N-dealkylation sites (tertiary alicyclic amines) is 2. The van der Waals surface area contributed by atoms with Crippen LogP contribution in [0, 0.1) is 6.92 Å². The number of nitrogens with one attached hydrogen (secondary N) is 2. The van der Waals surface area contributed by atoms with Gasteiger partial charge in [0.05, 0.1) is 5.69 Å². The Morgan fingerprint density at radius 3 is 2.59 bits per heavy atom. The van der Waals surface area contributed by atoms with Crippen LogP contribution in [0.1, 0.15) is 72.8 Å². The molecule has 2 N–H and O–H groups in total. The van der Waals surface area contributed by atoms with Crippen molar-refractivity contribution in [2.24, 2.45) is 0 Å². The van der Waals surface area contributed by atoms with Crippen molar-refractivity contribution in [3.05, 3.63) is 53.0 Å². The third-order valence-electron chi connectivity index (χ3n) is 8.08. The number of benzene rings is 1. The third-order valence-corrected chi connectivity index (χ3v) is 8.08. The van der Waals surface area contributed by atoms with Crippen LogP contribution in [-0.4, -0.2) is 70.0 Å². The molecular weight excluding hydrogens is 466 g/mol. The van der Waals surface area contributed by atoms with Gasteiger partial charge in [-0.05, 0) is 57.1 Å². The van der Waals surface area contributed by atoms with Crippen LogP contribution in [-0.2, 0) is 17.6 Å². The molecule has 4 heterocycles. The number of hydrogen-bond acceptors (Lipinski definition) is 5. The molecule has 2 fully saturated rings. The van der Waals surface area contributed by atoms with Crippen LogP contribution in [0.15, 0.2) is 35.0 Å². The number of carbonyl (C=O) groups is 2. The average Bonchev–Trinajstić information content (AvgIpc) is 3.51. The van der Waals surface area contributed by atoms with E-state index in [1.165, 1.54) is 10.9 Å². The van der Waals surface area contributed by atoms with E-state index in [2.05, 4.69) is 39.4 Å². The SMILES string of the molecule is CCCc1onc(C)c1C(=O)N1CCC(N2CCC(NC(=O)CCc3c[nH]c4ccccc34)CC2)CC1. The quantitative estimate of drug-likeness (QED) is 0.478. The smallest absolute Gasteiger partial charge is 0.259 e. The van der Waals surface area contributed by atoms with Crippen molar-refractivity contribution in [1.82, 2.24) is 25.3 Å². The first-order valence-electron chi connectivity index (χ1n) is 13.9. The standard InChI is InChI=1S/C29H39N5O3/c1-3-6-26-28(20(2)32-37-26)29(36)34-17-13-23(14-18-34)33-15-11-22(12-16-33)31-27(35)10-9-21-19-30-25-8-5-4-7-24(21)25/h4-5,7-8,19,22-23,30H,3,6,9-18H2,1-2H3,(H,31,35). The summed E-state index contributed by atoms with van der Waals surface area (Å²) in [4.78, 5) is 33.6. The first-order valence-corrected chi connectivity index (χ1v) is 13.9. The van der Waals surface area contributed by atoms with Crippen LogP contribution >= 0.6 is 0 Å². The zero-order valence-corrected chi connectivity index (χ0v) is 22.1. The van der Waals surface area contributed by atoms with Gasteiger partial charge in [-0.1, -0.05) is 30.3 Å². The lowest BCUT2D eigenvalue weighted by atomic mass is 9.97. The number of aromatic nitrogens is 2. The second-order valence-corrected chi connectivity index (χ2v) is 10.6. The number of fused-ring (bicyclic) bond motifs is 1. The van der Waals surface area contributed by atoms with Gasteiger partial charge in [-0.2, -0.15) is 0 Å². The Bertz CT molecular complexity index is 1220. The molecule has 0 aliphatic carbocycles. The molecule has 1 aromatic carbocycles. The number of H-pyrrole nitrogens is 1. The molecule has 8 heteroatoms. The predicted octanol–water partition coefficient (Wildman–Crippen LogP) is 4.23. The molecule has 3 aromatic rings. The normalized spacial score (nSPS) is 17.9. The van der Waals surface area contributed by atoms with E-state index < -0.39 is 0 Å². The Balaban J connectivity index is 1.04. The zero-order chi connectivity index (χ0) is 25.8. The Morgan fingerprint density at radius 2 is 1.84 bits per heavy atom. The number of aromatic amines is 1. The molecule has 0 radical (unpaired) electrons. The topological polar surface area (TPSA) is 94.5 Å². The fourth-order valence-electron chi connectivity index (χ4n) is 5.98. The lowest BCUT2D eigenvalue weighted by Crippen LogP contribution is -2.51. The van der Waals surface area contributed by atoms with E-state index in [9.17, 15) is 9.59 Å². The highest BCUT2D eigenvalue weighted by atomic mass is 16.5. The fourth-order valence-corrected chi connectivity index (χ4v) is 5.98. The number of piperidine rings is 2. The van der Waals surface area contributed by atoms with Gasteiger partial charge >= 0.3 is 0 Å². The maximum absolute atomic E-state index is 13.2. The van der Waals surface area contributed by atoms with E-state index in [0.29, 0.717) is 23.7 Å². The Labute approximate surface area is 218 Å². The molecule has 0 saturated carbocycles. The van der Waals surface area contributed by atoms with Gasteiger partial charge in [-0.15, -0.1) is 0 Å². The molecule has 0 unspecified atom stereocenters. The van der Waals surface area contributed by atoms with Crippen LogP contribution in [0.4, 0.5) is 0 Å². The second kappa shape index (κ2) is 11.5. The highest BCUT2D eigenvalue weighted by Crippen LogP contribution is 2.25. The Morgan fingerprint density at radius 1 is 1.08 bits per heavy atom. The molecular formula is C29H39N5O3. The number of rotatable bonds is 8. The third kappa shape index (κ3) is 5.74. The summed E-state index contributed by atoms with van der Waals surface area (Å²) in [5.41, 5.74) is 3.68. The van der Waals surface area contributed by atoms with E-state index in [0.717, 1.165) is 82.4 Å². The minimum absolute atomic E-state index is 0.0645.